The molecule has 0 saturated heterocycles. The van der Waals surface area contributed by atoms with Gasteiger partial charge < -0.3 is 5.11 Å². The van der Waals surface area contributed by atoms with Crippen molar-refractivity contribution in [3.8, 4) is 0 Å². The van der Waals surface area contributed by atoms with E-state index in [9.17, 15) is 14.7 Å². The van der Waals surface area contributed by atoms with Crippen molar-refractivity contribution in [2.75, 3.05) is 0 Å². The molecule has 1 aromatic rings. The third kappa shape index (κ3) is 2.00. The molecule has 1 rings (SSSR count). The van der Waals surface area contributed by atoms with Gasteiger partial charge in [-0.2, -0.15) is 0 Å². The summed E-state index contributed by atoms with van der Waals surface area (Å²) in [7, 11) is 0. The molecule has 0 aliphatic rings. The third-order valence-electron chi connectivity index (χ3n) is 1.73. The Labute approximate surface area is 76.0 Å². The lowest BCUT2D eigenvalue weighted by Gasteiger charge is -2.13. The largest absolute Gasteiger partial charge is 0.375 e. The third-order valence-corrected chi connectivity index (χ3v) is 1.73. The van der Waals surface area contributed by atoms with E-state index < -0.39 is 11.4 Å². The first-order valence-corrected chi connectivity index (χ1v) is 3.86. The first-order valence-electron chi connectivity index (χ1n) is 3.86. The Balaban J connectivity index is 2.99. The number of carbonyl (C=O) groups excluding carboxylic acids is 2. The van der Waals surface area contributed by atoms with Crippen molar-refractivity contribution in [2.45, 2.75) is 12.5 Å². The van der Waals surface area contributed by atoms with Crippen LogP contribution in [0.2, 0.25) is 0 Å². The number of hydrogen-bond acceptors (Lipinski definition) is 3. The van der Waals surface area contributed by atoms with Crippen LogP contribution in [0.5, 0.6) is 0 Å². The molecule has 0 bridgehead atoms. The second-order valence-corrected chi connectivity index (χ2v) is 2.96. The van der Waals surface area contributed by atoms with E-state index in [1.807, 2.05) is 0 Å². The van der Waals surface area contributed by atoms with Crippen LogP contribution in [-0.4, -0.2) is 22.8 Å². The molecule has 0 aromatic heterocycles. The molecule has 0 saturated carbocycles. The molecule has 0 aliphatic carbocycles. The molecule has 0 radical (unpaired) electrons. The van der Waals surface area contributed by atoms with Crippen LogP contribution >= 0.6 is 0 Å². The lowest BCUT2D eigenvalue weighted by atomic mass is 9.96. The molecular formula is C10H10O3. The average molecular weight is 178 g/mol. The number of rotatable bonds is 3. The highest BCUT2D eigenvalue weighted by Crippen LogP contribution is 2.10. The topological polar surface area (TPSA) is 54.4 Å². The van der Waals surface area contributed by atoms with Crippen LogP contribution < -0.4 is 0 Å². The summed E-state index contributed by atoms with van der Waals surface area (Å²) < 4.78 is 0. The maximum atomic E-state index is 11.4. The van der Waals surface area contributed by atoms with Gasteiger partial charge in [0.2, 0.25) is 5.78 Å². The first kappa shape index (κ1) is 9.61. The molecule has 1 unspecified atom stereocenters. The van der Waals surface area contributed by atoms with Crippen molar-refractivity contribution in [1.82, 2.24) is 0 Å². The highest BCUT2D eigenvalue weighted by Gasteiger charge is 2.30. The van der Waals surface area contributed by atoms with Gasteiger partial charge in [-0.1, -0.05) is 30.3 Å². The summed E-state index contributed by atoms with van der Waals surface area (Å²) >= 11 is 0. The van der Waals surface area contributed by atoms with Gasteiger partial charge in [0.25, 0.3) is 0 Å². The van der Waals surface area contributed by atoms with E-state index >= 15 is 0 Å². The molecule has 0 amide bonds. The zero-order valence-corrected chi connectivity index (χ0v) is 7.23. The van der Waals surface area contributed by atoms with Gasteiger partial charge in [-0.3, -0.25) is 9.59 Å². The van der Waals surface area contributed by atoms with E-state index in [1.165, 1.54) is 6.92 Å². The van der Waals surface area contributed by atoms with E-state index in [2.05, 4.69) is 0 Å². The summed E-state index contributed by atoms with van der Waals surface area (Å²) in [6.07, 6.45) is 0.238. The lowest BCUT2D eigenvalue weighted by Crippen LogP contribution is -2.36. The maximum absolute atomic E-state index is 11.4. The highest BCUT2D eigenvalue weighted by molar-refractivity contribution is 6.11. The van der Waals surface area contributed by atoms with Gasteiger partial charge in [-0.15, -0.1) is 0 Å². The average Bonchev–Trinajstić information content (AvgIpc) is 2.18. The number of ketones is 1. The molecule has 1 aromatic carbocycles. The van der Waals surface area contributed by atoms with E-state index in [4.69, 9.17) is 0 Å². The zero-order chi connectivity index (χ0) is 9.90. The van der Waals surface area contributed by atoms with Crippen molar-refractivity contribution < 1.29 is 14.7 Å². The summed E-state index contributed by atoms with van der Waals surface area (Å²) in [5.74, 6) is -0.580. The van der Waals surface area contributed by atoms with Crippen LogP contribution in [0.3, 0.4) is 0 Å². The molecule has 0 spiro atoms. The molecule has 1 atom stereocenters. The smallest absolute Gasteiger partial charge is 0.201 e. The van der Waals surface area contributed by atoms with Crippen LogP contribution in [0, 0.1) is 0 Å². The monoisotopic (exact) mass is 178 g/mol. The second-order valence-electron chi connectivity index (χ2n) is 2.96. The molecule has 0 heterocycles. The minimum Gasteiger partial charge on any atom is -0.375 e. The lowest BCUT2D eigenvalue weighted by molar-refractivity contribution is -0.118. The minimum atomic E-state index is -1.92. The molecule has 3 nitrogen and oxygen atoms in total. The first-order chi connectivity index (χ1) is 6.08. The van der Waals surface area contributed by atoms with Crippen LogP contribution in [0.4, 0.5) is 0 Å². The summed E-state index contributed by atoms with van der Waals surface area (Å²) in [4.78, 5) is 21.8. The number of benzene rings is 1. The molecular weight excluding hydrogens is 168 g/mol. The second kappa shape index (κ2) is 3.49. The fraction of sp³-hybridized carbons (Fsp3) is 0.200. The van der Waals surface area contributed by atoms with E-state index in [0.717, 1.165) is 0 Å². The number of aldehydes is 1. The highest BCUT2D eigenvalue weighted by atomic mass is 16.3. The minimum absolute atomic E-state index is 0.238. The standard InChI is InChI=1S/C10H10O3/c1-10(13,7-11)9(12)8-5-3-2-4-6-8/h2-7,13H,1H3. The Morgan fingerprint density at radius 3 is 2.38 bits per heavy atom. The van der Waals surface area contributed by atoms with Gasteiger partial charge in [-0.05, 0) is 6.92 Å². The van der Waals surface area contributed by atoms with Gasteiger partial charge >= 0.3 is 0 Å². The van der Waals surface area contributed by atoms with Gasteiger partial charge in [-0.25, -0.2) is 0 Å². The molecule has 13 heavy (non-hydrogen) atoms. The summed E-state index contributed by atoms with van der Waals surface area (Å²) in [6, 6.07) is 8.22. The summed E-state index contributed by atoms with van der Waals surface area (Å²) in [6.45, 7) is 1.18. The Kier molecular flexibility index (Phi) is 2.58. The predicted molar refractivity (Wildman–Crippen MR) is 47.5 cm³/mol. The molecule has 1 N–H and O–H groups in total. The fourth-order valence-electron chi connectivity index (χ4n) is 0.935. The SMILES string of the molecule is CC(O)(C=O)C(=O)c1ccccc1. The number of carbonyl (C=O) groups is 2. The van der Waals surface area contributed by atoms with Gasteiger partial charge in [0.15, 0.2) is 11.9 Å². The molecule has 0 aliphatic heterocycles. The summed E-state index contributed by atoms with van der Waals surface area (Å²) in [5.41, 5.74) is -1.58. The molecule has 0 fully saturated rings. The number of hydrogen-bond donors (Lipinski definition) is 1. The van der Waals surface area contributed by atoms with Crippen molar-refractivity contribution in [3.05, 3.63) is 35.9 Å². The fourth-order valence-corrected chi connectivity index (χ4v) is 0.935. The Hall–Kier alpha value is -1.48. The van der Waals surface area contributed by atoms with Crippen LogP contribution in [0.1, 0.15) is 17.3 Å². The van der Waals surface area contributed by atoms with Crippen LogP contribution in [0.25, 0.3) is 0 Å². The van der Waals surface area contributed by atoms with E-state index in [1.54, 1.807) is 30.3 Å². The number of Topliss-reactive ketones (excluding diaryl/α,β-unsaturated/α-hetero) is 1. The Morgan fingerprint density at radius 2 is 1.92 bits per heavy atom. The van der Waals surface area contributed by atoms with Gasteiger partial charge in [0.1, 0.15) is 0 Å². The zero-order valence-electron chi connectivity index (χ0n) is 7.23. The van der Waals surface area contributed by atoms with Gasteiger partial charge in [0.05, 0.1) is 0 Å². The summed E-state index contributed by atoms with van der Waals surface area (Å²) in [5, 5.41) is 9.33. The molecule has 3 heteroatoms. The molecule has 68 valence electrons. The maximum Gasteiger partial charge on any atom is 0.201 e. The van der Waals surface area contributed by atoms with Crippen molar-refractivity contribution in [1.29, 1.82) is 0 Å². The van der Waals surface area contributed by atoms with Crippen LogP contribution in [0.15, 0.2) is 30.3 Å². The Morgan fingerprint density at radius 1 is 1.38 bits per heavy atom. The van der Waals surface area contributed by atoms with E-state index in [-0.39, 0.29) is 6.29 Å². The van der Waals surface area contributed by atoms with Crippen molar-refractivity contribution in [3.63, 3.8) is 0 Å². The van der Waals surface area contributed by atoms with Gasteiger partial charge in [0, 0.05) is 5.56 Å². The Bertz CT molecular complexity index is 314. The van der Waals surface area contributed by atoms with Crippen molar-refractivity contribution >= 4 is 12.1 Å². The number of aliphatic hydroxyl groups is 1. The predicted octanol–water partition coefficient (Wildman–Crippen LogP) is 0.819. The van der Waals surface area contributed by atoms with Crippen LogP contribution in [-0.2, 0) is 4.79 Å². The van der Waals surface area contributed by atoms with E-state index in [0.29, 0.717) is 5.56 Å². The quantitative estimate of drug-likeness (QED) is 0.423. The van der Waals surface area contributed by atoms with Crippen molar-refractivity contribution in [2.24, 2.45) is 0 Å². The normalized spacial score (nSPS) is 14.6.